The van der Waals surface area contributed by atoms with E-state index in [1.54, 1.807) is 51.1 Å². The maximum absolute atomic E-state index is 16.1. The molecule has 40 heavy (non-hydrogen) atoms. The van der Waals surface area contributed by atoms with Gasteiger partial charge in [-0.05, 0) is 45.2 Å². The summed E-state index contributed by atoms with van der Waals surface area (Å²) in [4.78, 5) is 35.9. The Bertz CT molecular complexity index is 1230. The van der Waals surface area contributed by atoms with Gasteiger partial charge in [-0.25, -0.2) is 9.18 Å². The molecule has 0 aliphatic heterocycles. The molecule has 2 aromatic rings. The number of nitrogens with one attached hydrogen (secondary N) is 1. The molecular weight excluding hydrogens is 604 g/mol. The molecule has 0 bridgehead atoms. The van der Waals surface area contributed by atoms with E-state index >= 15 is 4.39 Å². The van der Waals surface area contributed by atoms with Crippen molar-refractivity contribution in [1.82, 2.24) is 5.32 Å². The summed E-state index contributed by atoms with van der Waals surface area (Å²) in [7, 11) is 0. The van der Waals surface area contributed by atoms with Crippen molar-refractivity contribution in [2.24, 2.45) is 0 Å². The van der Waals surface area contributed by atoms with Crippen LogP contribution >= 0.6 is 15.9 Å². The summed E-state index contributed by atoms with van der Waals surface area (Å²) in [5.74, 6) is -6.25. The molecule has 1 atom stereocenters. The van der Waals surface area contributed by atoms with Crippen LogP contribution in [0.1, 0.15) is 38.3 Å². The smallest absolute Gasteiger partial charge is 0.471 e. The number of alkyl carbamates (subject to hydrolysis) is 1. The summed E-state index contributed by atoms with van der Waals surface area (Å²) in [6.45, 7) is 6.80. The van der Waals surface area contributed by atoms with E-state index in [-0.39, 0.29) is 34.4 Å². The Kier molecular flexibility index (Phi) is 11.1. The molecule has 0 spiro atoms. The Balaban J connectivity index is 2.63. The molecular formula is C27H29BrF4N2O6. The van der Waals surface area contributed by atoms with Crippen LogP contribution in [0.25, 0.3) is 0 Å². The first-order chi connectivity index (χ1) is 18.5. The van der Waals surface area contributed by atoms with E-state index in [2.05, 4.69) is 27.8 Å². The third-order valence-corrected chi connectivity index (χ3v) is 5.87. The number of ether oxygens (including phenoxy) is 2. The van der Waals surface area contributed by atoms with Crippen LogP contribution in [0.3, 0.4) is 0 Å². The number of carboxylic acid groups (broad SMARTS) is 1. The van der Waals surface area contributed by atoms with Crippen LogP contribution in [0, 0.1) is 5.82 Å². The molecule has 0 aliphatic rings. The largest absolute Gasteiger partial charge is 0.487 e. The van der Waals surface area contributed by atoms with Gasteiger partial charge in [0, 0.05) is 16.1 Å². The number of halogens is 5. The first kappa shape index (κ1) is 32.6. The maximum Gasteiger partial charge on any atom is 0.471 e. The molecule has 8 nitrogen and oxygen atoms in total. The highest BCUT2D eigenvalue weighted by Gasteiger charge is 2.45. The van der Waals surface area contributed by atoms with Crippen LogP contribution in [0.4, 0.5) is 28.0 Å². The van der Waals surface area contributed by atoms with Gasteiger partial charge in [0.25, 0.3) is 0 Å². The van der Waals surface area contributed by atoms with Gasteiger partial charge < -0.3 is 19.9 Å². The molecule has 2 amide bonds. The SMILES string of the molecule is C=CC[C@H](Cc1c(Br)cc(OCc2ccccc2)c(N(CC(=O)O)C(=O)C(F)(F)F)c1F)NC(=O)OC(C)(C)C. The average molecular weight is 633 g/mol. The second-order valence-corrected chi connectivity index (χ2v) is 10.5. The third-order valence-electron chi connectivity index (χ3n) is 5.16. The molecule has 2 aromatic carbocycles. The van der Waals surface area contributed by atoms with Gasteiger partial charge in [0.15, 0.2) is 5.82 Å². The van der Waals surface area contributed by atoms with Gasteiger partial charge in [0.2, 0.25) is 0 Å². The van der Waals surface area contributed by atoms with Gasteiger partial charge in [-0.15, -0.1) is 6.58 Å². The molecule has 13 heteroatoms. The zero-order valence-electron chi connectivity index (χ0n) is 22.0. The van der Waals surface area contributed by atoms with Gasteiger partial charge in [0.1, 0.15) is 30.2 Å². The van der Waals surface area contributed by atoms with Crippen molar-refractivity contribution in [2.75, 3.05) is 11.4 Å². The number of amides is 2. The Morgan fingerprint density at radius 2 is 1.80 bits per heavy atom. The molecule has 0 unspecified atom stereocenters. The topological polar surface area (TPSA) is 105 Å². The summed E-state index contributed by atoms with van der Waals surface area (Å²) >= 11 is 3.20. The monoisotopic (exact) mass is 632 g/mol. The minimum absolute atomic E-state index is 0.0478. The number of hydrogen-bond acceptors (Lipinski definition) is 5. The highest BCUT2D eigenvalue weighted by molar-refractivity contribution is 9.10. The van der Waals surface area contributed by atoms with Crippen molar-refractivity contribution >= 4 is 39.6 Å². The zero-order valence-corrected chi connectivity index (χ0v) is 23.6. The minimum Gasteiger partial charge on any atom is -0.487 e. The van der Waals surface area contributed by atoms with Crippen LogP contribution in [0.15, 0.2) is 53.5 Å². The molecule has 0 heterocycles. The average Bonchev–Trinajstić information content (AvgIpc) is 2.82. The molecule has 218 valence electrons. The lowest BCUT2D eigenvalue weighted by Gasteiger charge is -2.27. The lowest BCUT2D eigenvalue weighted by Crippen LogP contribution is -2.45. The van der Waals surface area contributed by atoms with Gasteiger partial charge in [0.05, 0.1) is 0 Å². The number of nitrogens with zero attached hydrogens (tertiary/aromatic N) is 1. The van der Waals surface area contributed by atoms with Crippen molar-refractivity contribution < 1.29 is 46.5 Å². The fraction of sp³-hybridized carbons (Fsp3) is 0.370. The lowest BCUT2D eigenvalue weighted by atomic mass is 10.0. The second kappa shape index (κ2) is 13.6. The summed E-state index contributed by atoms with van der Waals surface area (Å²) in [6.07, 6.45) is -5.07. The number of hydrogen-bond donors (Lipinski definition) is 2. The van der Waals surface area contributed by atoms with Crippen molar-refractivity contribution in [2.45, 2.75) is 58.0 Å². The van der Waals surface area contributed by atoms with Gasteiger partial charge in [-0.3, -0.25) is 14.5 Å². The summed E-state index contributed by atoms with van der Waals surface area (Å²) < 4.78 is 67.5. The summed E-state index contributed by atoms with van der Waals surface area (Å²) in [5.41, 5.74) is -1.51. The summed E-state index contributed by atoms with van der Waals surface area (Å²) in [5, 5.41) is 11.8. The van der Waals surface area contributed by atoms with Crippen LogP contribution in [0.5, 0.6) is 5.75 Å². The first-order valence-corrected chi connectivity index (χ1v) is 12.7. The van der Waals surface area contributed by atoms with E-state index in [1.807, 2.05) is 0 Å². The van der Waals surface area contributed by atoms with E-state index in [1.165, 1.54) is 6.08 Å². The molecule has 0 aromatic heterocycles. The third kappa shape index (κ3) is 9.54. The Hall–Kier alpha value is -3.61. The van der Waals surface area contributed by atoms with E-state index in [0.717, 1.165) is 6.07 Å². The number of alkyl halides is 3. The molecule has 2 rings (SSSR count). The van der Waals surface area contributed by atoms with Crippen molar-refractivity contribution in [3.63, 3.8) is 0 Å². The highest BCUT2D eigenvalue weighted by Crippen LogP contribution is 2.40. The number of carbonyl (C=O) groups excluding carboxylic acids is 2. The number of benzene rings is 2. The highest BCUT2D eigenvalue weighted by atomic mass is 79.9. The lowest BCUT2D eigenvalue weighted by molar-refractivity contribution is -0.171. The summed E-state index contributed by atoms with van der Waals surface area (Å²) in [6, 6.07) is 8.71. The number of rotatable bonds is 11. The Labute approximate surface area is 237 Å². The second-order valence-electron chi connectivity index (χ2n) is 9.63. The molecule has 0 saturated carbocycles. The van der Waals surface area contributed by atoms with Gasteiger partial charge >= 0.3 is 24.1 Å². The number of carbonyl (C=O) groups is 3. The first-order valence-electron chi connectivity index (χ1n) is 11.9. The van der Waals surface area contributed by atoms with E-state index in [0.29, 0.717) is 5.56 Å². The molecule has 0 fully saturated rings. The zero-order chi connectivity index (χ0) is 30.3. The maximum atomic E-state index is 16.1. The van der Waals surface area contributed by atoms with Gasteiger partial charge in [-0.1, -0.05) is 52.3 Å². The fourth-order valence-corrected chi connectivity index (χ4v) is 4.11. The van der Waals surface area contributed by atoms with Crippen LogP contribution in [0.2, 0.25) is 0 Å². The van der Waals surface area contributed by atoms with Crippen LogP contribution in [-0.4, -0.2) is 47.4 Å². The Morgan fingerprint density at radius 3 is 2.33 bits per heavy atom. The number of carboxylic acids is 1. The van der Waals surface area contributed by atoms with Crippen molar-refractivity contribution in [3.05, 3.63) is 70.5 Å². The molecule has 0 aliphatic carbocycles. The van der Waals surface area contributed by atoms with Crippen molar-refractivity contribution in [1.29, 1.82) is 0 Å². The van der Waals surface area contributed by atoms with E-state index < -0.39 is 59.6 Å². The molecule has 0 radical (unpaired) electrons. The molecule has 0 saturated heterocycles. The fourth-order valence-electron chi connectivity index (χ4n) is 3.57. The normalized spacial score (nSPS) is 12.3. The van der Waals surface area contributed by atoms with Crippen LogP contribution in [-0.2, 0) is 27.4 Å². The number of aliphatic carboxylic acids is 1. The predicted octanol–water partition coefficient (Wildman–Crippen LogP) is 6.16. The van der Waals surface area contributed by atoms with E-state index in [4.69, 9.17) is 9.47 Å². The predicted molar refractivity (Wildman–Crippen MR) is 143 cm³/mol. The van der Waals surface area contributed by atoms with Crippen molar-refractivity contribution in [3.8, 4) is 5.75 Å². The van der Waals surface area contributed by atoms with E-state index in [9.17, 15) is 32.7 Å². The van der Waals surface area contributed by atoms with Crippen LogP contribution < -0.4 is 15.0 Å². The minimum atomic E-state index is -5.52. The van der Waals surface area contributed by atoms with Gasteiger partial charge in [-0.2, -0.15) is 13.2 Å². The number of anilines is 1. The molecule has 2 N–H and O–H groups in total. The Morgan fingerprint density at radius 1 is 1.18 bits per heavy atom. The standard InChI is InChI=1S/C27H29BrF4N2O6/c1-5-9-17(33-25(38)40-26(2,3)4)12-18-19(28)13-20(39-15-16-10-7-6-8-11-16)23(22(18)29)34(14-21(35)36)24(37)27(30,31)32/h5-8,10-11,13,17H,1,9,12,14-15H2,2-4H3,(H,33,38)(H,35,36)/t17-/m1/s1. The quantitative estimate of drug-likeness (QED) is 0.227.